The monoisotopic (exact) mass is 352 g/mol. The van der Waals surface area contributed by atoms with Crippen molar-refractivity contribution < 1.29 is 0 Å². The Kier molecular flexibility index (Phi) is 7.87. The van der Waals surface area contributed by atoms with Gasteiger partial charge in [-0.15, -0.1) is 0 Å². The molecule has 8 heavy (non-hydrogen) atoms. The molecule has 1 saturated heterocycles. The zero-order valence-electron chi connectivity index (χ0n) is 3.27. The Balaban J connectivity index is 2.00. The van der Waals surface area contributed by atoms with E-state index in [2.05, 4.69) is 0 Å². The molecule has 0 amide bonds. The van der Waals surface area contributed by atoms with E-state index in [4.69, 9.17) is 0 Å². The van der Waals surface area contributed by atoms with Gasteiger partial charge in [0.15, 0.2) is 0 Å². The van der Waals surface area contributed by atoms with Gasteiger partial charge in [-0.3, -0.25) is 0 Å². The van der Waals surface area contributed by atoms with E-state index in [-0.39, 0.29) is 0 Å². The van der Waals surface area contributed by atoms with Crippen LogP contribution in [0.15, 0.2) is 0 Å². The minimum absolute atomic E-state index is 0.769. The molecular formula is S6Se2. The molecule has 0 spiro atoms. The van der Waals surface area contributed by atoms with Crippen molar-refractivity contribution >= 4 is 81.9 Å². The summed E-state index contributed by atoms with van der Waals surface area (Å²) in [6, 6.07) is 0. The van der Waals surface area contributed by atoms with E-state index in [1.54, 1.807) is 0 Å². The van der Waals surface area contributed by atoms with Crippen LogP contribution in [0.2, 0.25) is 0 Å². The summed E-state index contributed by atoms with van der Waals surface area (Å²) < 4.78 is 0. The summed E-state index contributed by atoms with van der Waals surface area (Å²) in [5, 5.41) is 0. The Hall–Kier alpha value is 3.14. The van der Waals surface area contributed by atoms with Gasteiger partial charge in [0.05, 0.1) is 0 Å². The van der Waals surface area contributed by atoms with Gasteiger partial charge in [0, 0.05) is 0 Å². The average molecular weight is 350 g/mol. The van der Waals surface area contributed by atoms with E-state index in [0.29, 0.717) is 0 Å². The van der Waals surface area contributed by atoms with Gasteiger partial charge >= 0.3 is 81.9 Å². The van der Waals surface area contributed by atoms with Gasteiger partial charge < -0.3 is 0 Å². The van der Waals surface area contributed by atoms with Crippen molar-refractivity contribution in [2.24, 2.45) is 0 Å². The van der Waals surface area contributed by atoms with Crippen molar-refractivity contribution in [3.63, 3.8) is 0 Å². The fourth-order valence-electron chi connectivity index (χ4n) is 0.0907. The summed E-state index contributed by atoms with van der Waals surface area (Å²) in [4.78, 5) is 0. The third kappa shape index (κ3) is 4.88. The van der Waals surface area contributed by atoms with Crippen LogP contribution in [-0.2, 0) is 0 Å². The molecule has 0 saturated carbocycles. The zero-order chi connectivity index (χ0) is 5.66. The normalized spacial score (nSPS) is 24.0. The van der Waals surface area contributed by atoms with Crippen molar-refractivity contribution in [3.8, 4) is 0 Å². The molecule has 0 nitrogen and oxygen atoms in total. The molecule has 1 fully saturated rings. The van der Waals surface area contributed by atoms with Crippen molar-refractivity contribution in [1.29, 1.82) is 0 Å². The predicted molar refractivity (Wildman–Crippen MR) is 57.1 cm³/mol. The molecule has 1 heterocycles. The Labute approximate surface area is 80.5 Å². The Morgan fingerprint density at radius 1 is 0.625 bits per heavy atom. The molecule has 0 unspecified atom stereocenters. The molecule has 1 aliphatic rings. The number of hydrogen-bond donors (Lipinski definition) is 0. The van der Waals surface area contributed by atoms with Gasteiger partial charge in [-0.1, -0.05) is 0 Å². The van der Waals surface area contributed by atoms with E-state index >= 15 is 0 Å². The first-order valence-electron chi connectivity index (χ1n) is 1.33. The summed E-state index contributed by atoms with van der Waals surface area (Å²) in [6.45, 7) is 0. The predicted octanol–water partition coefficient (Wildman–Crippen LogP) is 3.13. The van der Waals surface area contributed by atoms with Crippen molar-refractivity contribution in [2.75, 3.05) is 0 Å². The molecule has 48 valence electrons. The molecule has 1 rings (SSSR count). The Morgan fingerprint density at radius 3 is 1.62 bits per heavy atom. The topological polar surface area (TPSA) is 0 Å². The van der Waals surface area contributed by atoms with E-state index in [1.165, 1.54) is 0 Å². The molecule has 0 radical (unpaired) electrons. The molecule has 0 N–H and O–H groups in total. The van der Waals surface area contributed by atoms with Crippen molar-refractivity contribution in [1.82, 2.24) is 0 Å². The maximum absolute atomic E-state index is 2.04. The van der Waals surface area contributed by atoms with E-state index in [1.807, 2.05) is 56.5 Å². The van der Waals surface area contributed by atoms with E-state index in [0.717, 1.165) is 25.4 Å². The van der Waals surface area contributed by atoms with Crippen LogP contribution in [0.25, 0.3) is 0 Å². The first-order chi connectivity index (χ1) is 4.00. The Morgan fingerprint density at radius 2 is 1.12 bits per heavy atom. The van der Waals surface area contributed by atoms with Crippen molar-refractivity contribution in [3.05, 3.63) is 0 Å². The van der Waals surface area contributed by atoms with Gasteiger partial charge in [0.2, 0.25) is 0 Å². The molecule has 0 aromatic carbocycles. The number of rotatable bonds is 0. The van der Waals surface area contributed by atoms with Gasteiger partial charge in [0.1, 0.15) is 0 Å². The SMILES string of the molecule is S1SS[Se]SS[Se]S1. The van der Waals surface area contributed by atoms with Crippen LogP contribution in [-0.4, -0.2) is 25.4 Å². The van der Waals surface area contributed by atoms with Crippen LogP contribution in [0.1, 0.15) is 0 Å². The molecule has 0 aromatic rings. The second-order valence-corrected chi connectivity index (χ2v) is 22.8. The average Bonchev–Trinajstić information content (AvgIpc) is 1.62. The van der Waals surface area contributed by atoms with Crippen LogP contribution in [0.5, 0.6) is 0 Å². The second kappa shape index (κ2) is 6.82. The van der Waals surface area contributed by atoms with Gasteiger partial charge in [-0.25, -0.2) is 0 Å². The molecule has 8 heteroatoms. The second-order valence-electron chi connectivity index (χ2n) is 0.544. The third-order valence-electron chi connectivity index (χ3n) is 0.222. The molecule has 1 aliphatic heterocycles. The van der Waals surface area contributed by atoms with Crippen molar-refractivity contribution in [2.45, 2.75) is 0 Å². The first-order valence-corrected chi connectivity index (χ1v) is 16.4. The Bertz CT molecular complexity index is 30.5. The quantitative estimate of drug-likeness (QED) is 0.483. The maximum atomic E-state index is 2.04. The minimum atomic E-state index is 0.769. The molecule has 0 aliphatic carbocycles. The third-order valence-corrected chi connectivity index (χ3v) is 32.4. The fourth-order valence-corrected chi connectivity index (χ4v) is 45.2. The summed E-state index contributed by atoms with van der Waals surface area (Å²) in [5.41, 5.74) is 0. The zero-order valence-corrected chi connectivity index (χ0v) is 11.6. The molecular weight excluding hydrogens is 350 g/mol. The van der Waals surface area contributed by atoms with E-state index < -0.39 is 0 Å². The van der Waals surface area contributed by atoms with Crippen LogP contribution in [0.3, 0.4) is 0 Å². The summed E-state index contributed by atoms with van der Waals surface area (Å²) in [5.74, 6) is 0. The van der Waals surface area contributed by atoms with Gasteiger partial charge in [0.25, 0.3) is 0 Å². The van der Waals surface area contributed by atoms with Gasteiger partial charge in [-0.2, -0.15) is 0 Å². The van der Waals surface area contributed by atoms with Gasteiger partial charge in [-0.05, 0) is 0 Å². The van der Waals surface area contributed by atoms with Crippen LogP contribution in [0, 0.1) is 0 Å². The first kappa shape index (κ1) is 9.23. The van der Waals surface area contributed by atoms with Crippen LogP contribution < -0.4 is 0 Å². The standard InChI is InChI=1S/S6Se2/c1-2-4-8-6-5-7-3-1. The number of hydrogen-bond acceptors (Lipinski definition) is 6. The summed E-state index contributed by atoms with van der Waals surface area (Å²) in [6.07, 6.45) is 0. The van der Waals surface area contributed by atoms with E-state index in [9.17, 15) is 0 Å². The molecule has 0 bridgehead atoms. The molecule has 0 aromatic heterocycles. The van der Waals surface area contributed by atoms with Crippen LogP contribution in [0.4, 0.5) is 0 Å². The van der Waals surface area contributed by atoms with Crippen LogP contribution >= 0.6 is 56.5 Å². The molecule has 0 atom stereocenters. The summed E-state index contributed by atoms with van der Waals surface area (Å²) in [7, 11) is 12.0. The fraction of sp³-hybridized carbons (Fsp3) is 0. The summed E-state index contributed by atoms with van der Waals surface area (Å²) >= 11 is 1.54.